The summed E-state index contributed by atoms with van der Waals surface area (Å²) in [7, 11) is -3.03. The van der Waals surface area contributed by atoms with Crippen molar-refractivity contribution in [3.8, 4) is 11.6 Å². The molecular formula is C51H60FN3O9Si. The van der Waals surface area contributed by atoms with Gasteiger partial charge in [-0.3, -0.25) is 9.59 Å². The van der Waals surface area contributed by atoms with Crippen LogP contribution in [0.25, 0.3) is 5.76 Å². The molecule has 14 heteroatoms. The minimum absolute atomic E-state index is 0.00535. The molecule has 2 N–H and O–H groups in total. The van der Waals surface area contributed by atoms with Gasteiger partial charge in [0.2, 0.25) is 11.6 Å². The van der Waals surface area contributed by atoms with Gasteiger partial charge in [-0.15, -0.1) is 6.58 Å². The first-order chi connectivity index (χ1) is 30.8. The van der Waals surface area contributed by atoms with Gasteiger partial charge in [0.05, 0.1) is 17.6 Å². The number of aliphatic hydroxyl groups is 1. The summed E-state index contributed by atoms with van der Waals surface area (Å²) in [6, 6.07) is 18.9. The van der Waals surface area contributed by atoms with Crippen molar-refractivity contribution in [2.45, 2.75) is 122 Å². The van der Waals surface area contributed by atoms with Gasteiger partial charge in [0.1, 0.15) is 41.7 Å². The lowest BCUT2D eigenvalue weighted by Gasteiger charge is -2.54. The number of halogens is 1. The molecule has 5 atom stereocenters. The Hall–Kier alpha value is -5.57. The average molecular weight is 906 g/mol. The third-order valence-corrected chi connectivity index (χ3v) is 18.1. The lowest BCUT2D eigenvalue weighted by Crippen LogP contribution is -2.68. The standard InChI is InChI=1S/C51H60FN3O9Si/c1-10-23-53-42-35-26-32-25-34-39(37(60-28-30-18-13-11-14-19-30)27-33(41(34)52)36-22-17-24-55(36)48(59)62-49(2,3)4)43(56)38(32)45(57)51(35,64-65(8,9)50(5,6)7)46(58)40-44(42)63-54-47(40)61-29-31-20-15-12-16-21-31/h10-16,18-21,27,32,35-36,42,53,56H,1,17,22-26,28-29H2,2-9H3/t32-,35-,36?,42-,51-/m0/s1. The van der Waals surface area contributed by atoms with Crippen LogP contribution in [-0.2, 0) is 33.6 Å². The number of aliphatic hydroxyl groups excluding tert-OH is 1. The molecule has 1 saturated carbocycles. The molecule has 0 radical (unpaired) electrons. The zero-order valence-electron chi connectivity index (χ0n) is 38.6. The molecule has 1 aliphatic heterocycles. The van der Waals surface area contributed by atoms with Crippen LogP contribution in [0.2, 0.25) is 18.1 Å². The van der Waals surface area contributed by atoms with E-state index in [0.717, 1.165) is 11.1 Å². The molecule has 2 heterocycles. The Morgan fingerprint density at radius 2 is 1.65 bits per heavy atom. The van der Waals surface area contributed by atoms with E-state index >= 15 is 14.0 Å². The van der Waals surface area contributed by atoms with E-state index in [-0.39, 0.29) is 77.8 Å². The van der Waals surface area contributed by atoms with Gasteiger partial charge in [-0.2, -0.15) is 0 Å². The number of benzene rings is 3. The second-order valence-corrected chi connectivity index (χ2v) is 24.9. The fraction of sp³-hybridized carbons (Fsp3) is 0.451. The number of likely N-dealkylation sites (tertiary alicyclic amines) is 1. The van der Waals surface area contributed by atoms with Crippen LogP contribution in [0.5, 0.6) is 11.6 Å². The van der Waals surface area contributed by atoms with E-state index < -0.39 is 77.7 Å². The molecule has 1 amide bonds. The van der Waals surface area contributed by atoms with Gasteiger partial charge < -0.3 is 38.5 Å². The molecule has 2 fully saturated rings. The number of Topliss-reactive ketones (excluding diaryl/α,β-unsaturated/α-hetero) is 2. The Morgan fingerprint density at radius 3 is 2.26 bits per heavy atom. The molecule has 0 bridgehead atoms. The first-order valence-electron chi connectivity index (χ1n) is 22.5. The first kappa shape index (κ1) is 46.0. The minimum Gasteiger partial charge on any atom is -0.507 e. The number of fused-ring (bicyclic) bond motifs is 4. The van der Waals surface area contributed by atoms with Gasteiger partial charge in [0.15, 0.2) is 19.7 Å². The van der Waals surface area contributed by atoms with Gasteiger partial charge in [0.25, 0.3) is 5.88 Å². The number of nitrogens with zero attached hydrogens (tertiary/aromatic N) is 2. The zero-order valence-corrected chi connectivity index (χ0v) is 39.6. The summed E-state index contributed by atoms with van der Waals surface area (Å²) in [6.45, 7) is 20.1. The van der Waals surface area contributed by atoms with E-state index in [1.54, 1.807) is 37.8 Å². The fourth-order valence-electron chi connectivity index (χ4n) is 9.61. The third-order valence-electron chi connectivity index (χ3n) is 13.7. The molecule has 1 aromatic heterocycles. The first-order valence-corrected chi connectivity index (χ1v) is 25.4. The van der Waals surface area contributed by atoms with Gasteiger partial charge in [0, 0.05) is 35.7 Å². The second kappa shape index (κ2) is 17.3. The highest BCUT2D eigenvalue weighted by Gasteiger charge is 2.68. The molecule has 344 valence electrons. The van der Waals surface area contributed by atoms with Crippen LogP contribution in [-0.4, -0.2) is 65.4 Å². The van der Waals surface area contributed by atoms with Gasteiger partial charge in [-0.05, 0) is 92.9 Å². The summed E-state index contributed by atoms with van der Waals surface area (Å²) >= 11 is 0. The lowest BCUT2D eigenvalue weighted by atomic mass is 9.57. The Bertz CT molecular complexity index is 2530. The van der Waals surface area contributed by atoms with E-state index in [0.29, 0.717) is 19.4 Å². The highest BCUT2D eigenvalue weighted by molar-refractivity contribution is 6.74. The molecule has 4 aromatic rings. The molecule has 0 spiro atoms. The van der Waals surface area contributed by atoms with E-state index in [4.69, 9.17) is 23.2 Å². The molecule has 3 aliphatic carbocycles. The van der Waals surface area contributed by atoms with Gasteiger partial charge in [-0.25, -0.2) is 9.18 Å². The van der Waals surface area contributed by atoms with Crippen molar-refractivity contribution in [3.63, 3.8) is 0 Å². The zero-order chi connectivity index (χ0) is 46.6. The summed E-state index contributed by atoms with van der Waals surface area (Å²) in [5, 5.41) is 20.0. The van der Waals surface area contributed by atoms with Crippen molar-refractivity contribution in [2.24, 2.45) is 11.8 Å². The smallest absolute Gasteiger partial charge is 0.410 e. The number of carbonyl (C=O) groups excluding carboxylic acids is 3. The van der Waals surface area contributed by atoms with Crippen LogP contribution in [0.15, 0.2) is 89.5 Å². The number of aromatic nitrogens is 1. The van der Waals surface area contributed by atoms with Crippen LogP contribution in [0.3, 0.4) is 0 Å². The van der Waals surface area contributed by atoms with Crippen molar-refractivity contribution >= 4 is 31.7 Å². The summed E-state index contributed by atoms with van der Waals surface area (Å²) in [4.78, 5) is 46.8. The number of carbonyl (C=O) groups is 3. The minimum atomic E-state index is -3.03. The fourth-order valence-corrected chi connectivity index (χ4v) is 11.1. The summed E-state index contributed by atoms with van der Waals surface area (Å²) in [6.07, 6.45) is 2.34. The number of rotatable bonds is 12. The van der Waals surface area contributed by atoms with E-state index in [1.165, 1.54) is 0 Å². The predicted molar refractivity (Wildman–Crippen MR) is 246 cm³/mol. The summed E-state index contributed by atoms with van der Waals surface area (Å²) in [5.41, 5.74) is -0.881. The third kappa shape index (κ3) is 8.33. The summed E-state index contributed by atoms with van der Waals surface area (Å²) < 4.78 is 49.4. The van der Waals surface area contributed by atoms with E-state index in [9.17, 15) is 9.90 Å². The van der Waals surface area contributed by atoms with Crippen molar-refractivity contribution in [2.75, 3.05) is 13.1 Å². The monoisotopic (exact) mass is 905 g/mol. The quantitative estimate of drug-likeness (QED) is 0.0794. The van der Waals surface area contributed by atoms with Crippen molar-refractivity contribution < 1.29 is 47.0 Å². The van der Waals surface area contributed by atoms with Gasteiger partial charge >= 0.3 is 6.09 Å². The number of hydrogen-bond acceptors (Lipinski definition) is 11. The largest absolute Gasteiger partial charge is 0.507 e. The number of ketones is 2. The Kier molecular flexibility index (Phi) is 12.3. The number of amides is 1. The second-order valence-electron chi connectivity index (χ2n) is 20.2. The summed E-state index contributed by atoms with van der Waals surface area (Å²) in [5.74, 6) is -3.80. The normalized spacial score (nSPS) is 23.1. The highest BCUT2D eigenvalue weighted by atomic mass is 28.4. The molecule has 3 aromatic carbocycles. The maximum Gasteiger partial charge on any atom is 0.410 e. The molecule has 1 saturated heterocycles. The number of ether oxygens (including phenoxy) is 3. The van der Waals surface area contributed by atoms with Crippen molar-refractivity contribution in [1.82, 2.24) is 15.4 Å². The molecule has 4 aliphatic rings. The van der Waals surface area contributed by atoms with Crippen LogP contribution in [0, 0.1) is 17.7 Å². The molecular weight excluding hydrogens is 846 g/mol. The van der Waals surface area contributed by atoms with Crippen molar-refractivity contribution in [3.05, 3.63) is 130 Å². The van der Waals surface area contributed by atoms with Gasteiger partial charge in [-0.1, -0.05) is 87.5 Å². The predicted octanol–water partition coefficient (Wildman–Crippen LogP) is 10.5. The van der Waals surface area contributed by atoms with Crippen LogP contribution < -0.4 is 14.8 Å². The molecule has 12 nitrogen and oxygen atoms in total. The Labute approximate surface area is 381 Å². The van der Waals surface area contributed by atoms with E-state index in [1.807, 2.05) is 94.5 Å². The number of hydrogen-bond donors (Lipinski definition) is 2. The maximum atomic E-state index is 17.6. The van der Waals surface area contributed by atoms with Crippen LogP contribution in [0.1, 0.15) is 117 Å². The topological polar surface area (TPSA) is 150 Å². The van der Waals surface area contributed by atoms with Crippen LogP contribution in [0.4, 0.5) is 9.18 Å². The molecule has 65 heavy (non-hydrogen) atoms. The lowest BCUT2D eigenvalue weighted by molar-refractivity contribution is -0.138. The Morgan fingerprint density at radius 1 is 1.00 bits per heavy atom. The Balaban J connectivity index is 1.30. The van der Waals surface area contributed by atoms with Crippen LogP contribution >= 0.6 is 0 Å². The van der Waals surface area contributed by atoms with Crippen molar-refractivity contribution in [1.29, 1.82) is 0 Å². The number of nitrogens with one attached hydrogen (secondary N) is 1. The average Bonchev–Trinajstić information content (AvgIpc) is 3.92. The highest BCUT2D eigenvalue weighted by Crippen LogP contribution is 2.59. The SMILES string of the molecule is C=CCN[C@@H]1c2onc(OCc3ccccc3)c2C(=O)[C@@]2(O[Si](C)(C)C(C)(C)C)C(=O)C3=C(O)c4c(OCc5ccccc5)cc(C5CCCN5C(=O)OC(C)(C)C)c(F)c4C[C@H]3C[C@@H]12. The molecule has 8 rings (SSSR count). The maximum absolute atomic E-state index is 17.6. The van der Waals surface area contributed by atoms with E-state index in [2.05, 4.69) is 17.1 Å². The molecule has 1 unspecified atom stereocenters.